The molecule has 2 radical (unpaired) electrons. The van der Waals surface area contributed by atoms with E-state index in [2.05, 4.69) is 9.98 Å². The zero-order chi connectivity index (χ0) is 32.7. The third kappa shape index (κ3) is 9.39. The minimum absolute atomic E-state index is 0.203. The van der Waals surface area contributed by atoms with Crippen molar-refractivity contribution in [3.8, 4) is 0 Å². The molecule has 0 N–H and O–H groups in total. The monoisotopic (exact) mass is 592 g/mol. The summed E-state index contributed by atoms with van der Waals surface area (Å²) in [7, 11) is 7.18. The quantitative estimate of drug-likeness (QED) is 0.183. The minimum Gasteiger partial charge on any atom is -0.435 e. The predicted molar refractivity (Wildman–Crippen MR) is 172 cm³/mol. The van der Waals surface area contributed by atoms with Gasteiger partial charge in [-0.15, -0.1) is 0 Å². The predicted octanol–water partition coefficient (Wildman–Crippen LogP) is 8.86. The Hall–Kier alpha value is -4.21. The summed E-state index contributed by atoms with van der Waals surface area (Å²) < 4.78 is 45.4. The fraction of sp³-hybridized carbons (Fsp3) is 0.333. The molecular formula is C33H40BF3N4O2. The van der Waals surface area contributed by atoms with E-state index in [-0.39, 0.29) is 11.5 Å². The number of amides is 1. The summed E-state index contributed by atoms with van der Waals surface area (Å²) in [5, 5.41) is 0. The van der Waals surface area contributed by atoms with Gasteiger partial charge in [-0.25, -0.2) is 9.98 Å². The van der Waals surface area contributed by atoms with Gasteiger partial charge >= 0.3 is 6.18 Å². The average Bonchev–Trinajstić information content (AvgIpc) is 3.51. The molecule has 0 unspecified atom stereocenters. The van der Waals surface area contributed by atoms with E-state index in [1.807, 2.05) is 46.8 Å². The lowest BCUT2D eigenvalue weighted by molar-refractivity contribution is -0.137. The highest BCUT2D eigenvalue weighted by Gasteiger charge is 2.31. The van der Waals surface area contributed by atoms with Gasteiger partial charge in [0.25, 0.3) is 5.91 Å². The molecule has 0 aliphatic carbocycles. The summed E-state index contributed by atoms with van der Waals surface area (Å²) in [4.78, 5) is 27.9. The van der Waals surface area contributed by atoms with Crippen LogP contribution in [0.1, 0.15) is 78.2 Å². The van der Waals surface area contributed by atoms with Crippen LogP contribution >= 0.6 is 0 Å². The number of carbonyl (C=O) groups excluding carboxylic acids is 1. The Bertz CT molecular complexity index is 1440. The summed E-state index contributed by atoms with van der Waals surface area (Å²) in [6, 6.07) is 4.68. The van der Waals surface area contributed by atoms with Gasteiger partial charge in [-0.05, 0) is 57.0 Å². The fourth-order valence-electron chi connectivity index (χ4n) is 3.84. The molecular weight excluding hydrogens is 552 g/mol. The van der Waals surface area contributed by atoms with Crippen LogP contribution in [-0.4, -0.2) is 42.1 Å². The number of rotatable bonds is 7. The molecule has 0 spiro atoms. The molecule has 3 rings (SSSR count). The second-order valence-corrected chi connectivity index (χ2v) is 8.45. The highest BCUT2D eigenvalue weighted by atomic mass is 19.4. The van der Waals surface area contributed by atoms with Gasteiger partial charge in [0.2, 0.25) is 5.89 Å². The van der Waals surface area contributed by atoms with Gasteiger partial charge in [0.15, 0.2) is 5.76 Å². The molecule has 0 saturated carbocycles. The van der Waals surface area contributed by atoms with Crippen molar-refractivity contribution < 1.29 is 22.4 Å². The molecule has 0 atom stereocenters. The first-order valence-corrected chi connectivity index (χ1v) is 14.1. The van der Waals surface area contributed by atoms with Crippen LogP contribution in [0.2, 0.25) is 6.32 Å². The highest BCUT2D eigenvalue weighted by molar-refractivity contribution is 6.47. The largest absolute Gasteiger partial charge is 0.435 e. The minimum atomic E-state index is -4.47. The van der Waals surface area contributed by atoms with Crippen molar-refractivity contribution in [1.82, 2.24) is 9.88 Å². The molecule has 1 amide bonds. The lowest BCUT2D eigenvalue weighted by Crippen LogP contribution is -2.36. The molecule has 0 saturated heterocycles. The maximum atomic E-state index is 13.4. The van der Waals surface area contributed by atoms with E-state index in [0.717, 1.165) is 12.1 Å². The molecule has 1 aromatic heterocycles. The third-order valence-corrected chi connectivity index (χ3v) is 5.91. The van der Waals surface area contributed by atoms with E-state index in [4.69, 9.17) is 17.3 Å². The first-order valence-electron chi connectivity index (χ1n) is 14.1. The van der Waals surface area contributed by atoms with Crippen LogP contribution in [0.4, 0.5) is 13.2 Å². The maximum absolute atomic E-state index is 13.4. The topological polar surface area (TPSA) is 71.1 Å². The zero-order valence-corrected chi connectivity index (χ0v) is 26.4. The lowest BCUT2D eigenvalue weighted by Gasteiger charge is -2.26. The number of halogens is 3. The van der Waals surface area contributed by atoms with Gasteiger partial charge in [0, 0.05) is 24.4 Å². The SMILES string of the molecule is CC.CC.[B]C/C=C(\C=C/C)c1ncc(/C(C)=N/C(=C(\C)c2ccc(C(F)(F)F)cc2)N2C=C/C(=C/C)C(=NC)C2=O)o1. The fourth-order valence-corrected chi connectivity index (χ4v) is 3.84. The Kier molecular flexibility index (Phi) is 15.1. The number of hydrogen-bond acceptors (Lipinski definition) is 5. The number of allylic oxidation sites excluding steroid dienone is 7. The Labute approximate surface area is 254 Å². The normalized spacial score (nSPS) is 16.7. The number of alkyl halides is 3. The second kappa shape index (κ2) is 17.7. The number of carbonyl (C=O) groups is 1. The van der Waals surface area contributed by atoms with Crippen LogP contribution in [0.15, 0.2) is 92.8 Å². The summed E-state index contributed by atoms with van der Waals surface area (Å²) in [6.07, 6.45) is 7.81. The maximum Gasteiger partial charge on any atom is 0.416 e. The Morgan fingerprint density at radius 2 is 1.72 bits per heavy atom. The first-order chi connectivity index (χ1) is 20.5. The molecule has 2 aromatic rings. The number of aromatic nitrogens is 1. The smallest absolute Gasteiger partial charge is 0.416 e. The molecule has 6 nitrogen and oxygen atoms in total. The van der Waals surface area contributed by atoms with Crippen LogP contribution in [-0.2, 0) is 11.0 Å². The molecule has 0 bridgehead atoms. The molecule has 1 aliphatic heterocycles. The van der Waals surface area contributed by atoms with Crippen LogP contribution < -0.4 is 0 Å². The van der Waals surface area contributed by atoms with Crippen LogP contribution in [0, 0.1) is 0 Å². The second-order valence-electron chi connectivity index (χ2n) is 8.45. The van der Waals surface area contributed by atoms with Gasteiger partial charge in [0.05, 0.1) is 25.3 Å². The number of aliphatic imine (C=N–C) groups is 2. The number of hydrogen-bond donors (Lipinski definition) is 0. The van der Waals surface area contributed by atoms with Gasteiger partial charge < -0.3 is 4.42 Å². The Morgan fingerprint density at radius 3 is 2.23 bits per heavy atom. The Balaban J connectivity index is 0.00000221. The van der Waals surface area contributed by atoms with Crippen molar-refractivity contribution >= 4 is 36.3 Å². The number of oxazole rings is 1. The van der Waals surface area contributed by atoms with Crippen LogP contribution in [0.25, 0.3) is 11.1 Å². The molecule has 10 heteroatoms. The first kappa shape index (κ1) is 36.8. The van der Waals surface area contributed by atoms with Crippen molar-refractivity contribution in [1.29, 1.82) is 0 Å². The molecule has 1 aromatic carbocycles. The van der Waals surface area contributed by atoms with Gasteiger partial charge in [-0.3, -0.25) is 14.7 Å². The number of benzene rings is 1. The summed E-state index contributed by atoms with van der Waals surface area (Å²) in [5.41, 5.74) is 2.14. The van der Waals surface area contributed by atoms with Gasteiger partial charge in [-0.1, -0.05) is 70.5 Å². The van der Waals surface area contributed by atoms with E-state index in [0.29, 0.717) is 46.0 Å². The summed E-state index contributed by atoms with van der Waals surface area (Å²) in [6.45, 7) is 15.0. The van der Waals surface area contributed by atoms with Crippen molar-refractivity contribution in [2.75, 3.05) is 7.05 Å². The highest BCUT2D eigenvalue weighted by Crippen LogP contribution is 2.32. The molecule has 1 aliphatic rings. The van der Waals surface area contributed by atoms with E-state index in [1.54, 1.807) is 45.2 Å². The van der Waals surface area contributed by atoms with E-state index in [9.17, 15) is 18.0 Å². The molecule has 43 heavy (non-hydrogen) atoms. The van der Waals surface area contributed by atoms with Crippen LogP contribution in [0.5, 0.6) is 0 Å². The standard InChI is InChI=1S/C29H28BF3N4O2.2C2H6/c1-6-8-22(13-15-30)27-35-17-24(39-27)19(4)36-26(37-16-14-20(7-2)25(34-5)28(37)38)18(3)21-9-11-23(12-10-21)29(31,32)33;2*1-2/h6-14,16-17H,15H2,1-5H3;2*1-2H3/b8-6-,20-7-,22-13+,26-18-,34-25?,36-19+;;. The van der Waals surface area contributed by atoms with E-state index in [1.165, 1.54) is 30.3 Å². The Morgan fingerprint density at radius 1 is 1.09 bits per heavy atom. The number of nitrogens with zero attached hydrogens (tertiary/aromatic N) is 4. The van der Waals surface area contributed by atoms with E-state index < -0.39 is 17.6 Å². The lowest BCUT2D eigenvalue weighted by atomic mass is 10.0. The molecule has 228 valence electrons. The summed E-state index contributed by atoms with van der Waals surface area (Å²) in [5.74, 6) is 0.474. The van der Waals surface area contributed by atoms with Gasteiger partial charge in [-0.2, -0.15) is 13.2 Å². The molecule has 2 heterocycles. The average molecular weight is 593 g/mol. The van der Waals surface area contributed by atoms with Crippen molar-refractivity contribution in [2.45, 2.75) is 67.9 Å². The van der Waals surface area contributed by atoms with Gasteiger partial charge in [0.1, 0.15) is 11.5 Å². The van der Waals surface area contributed by atoms with Crippen molar-refractivity contribution in [3.63, 3.8) is 0 Å². The zero-order valence-electron chi connectivity index (χ0n) is 26.4. The van der Waals surface area contributed by atoms with Crippen molar-refractivity contribution in [2.24, 2.45) is 9.98 Å². The third-order valence-electron chi connectivity index (χ3n) is 5.91. The van der Waals surface area contributed by atoms with Crippen molar-refractivity contribution in [3.05, 3.63) is 101 Å². The summed E-state index contributed by atoms with van der Waals surface area (Å²) >= 11 is 0. The van der Waals surface area contributed by atoms with E-state index >= 15 is 0 Å². The van der Waals surface area contributed by atoms with Crippen LogP contribution in [0.3, 0.4) is 0 Å². The molecule has 0 fully saturated rings.